The number of rotatable bonds is 5. The lowest BCUT2D eigenvalue weighted by atomic mass is 10.1. The normalized spacial score (nSPS) is 17.8. The molecule has 144 valence electrons. The third-order valence-electron chi connectivity index (χ3n) is 4.32. The van der Waals surface area contributed by atoms with Gasteiger partial charge >= 0.3 is 5.97 Å². The molecule has 0 aliphatic carbocycles. The van der Waals surface area contributed by atoms with Crippen LogP contribution in [0.4, 0.5) is 10.1 Å². The van der Waals surface area contributed by atoms with Crippen LogP contribution in [0.2, 0.25) is 0 Å². The number of carbonyl (C=O) groups excluding carboxylic acids is 1. The standard InChI is InChI=1S/C17H17FN2O6S/c1-10-4-5-11(18)9-12(10)19-16(21)13-3-2-8-20(13)27(24,25)15-7-6-14(26-15)17(22)23/h4-7,9,13H,2-3,8H2,1H3,(H,19,21)(H,22,23). The molecule has 1 amide bonds. The van der Waals surface area contributed by atoms with Crippen molar-refractivity contribution in [1.29, 1.82) is 0 Å². The Kier molecular flexibility index (Phi) is 5.03. The van der Waals surface area contributed by atoms with Crippen LogP contribution >= 0.6 is 0 Å². The Bertz CT molecular complexity index is 1000. The average molecular weight is 396 g/mol. The van der Waals surface area contributed by atoms with Gasteiger partial charge in [0.05, 0.1) is 0 Å². The Morgan fingerprint density at radius 2 is 2.04 bits per heavy atom. The third-order valence-corrected chi connectivity index (χ3v) is 6.10. The van der Waals surface area contributed by atoms with Gasteiger partial charge in [-0.25, -0.2) is 17.6 Å². The number of sulfonamides is 1. The summed E-state index contributed by atoms with van der Waals surface area (Å²) in [5.74, 6) is -3.02. The summed E-state index contributed by atoms with van der Waals surface area (Å²) >= 11 is 0. The molecule has 1 aliphatic heterocycles. The van der Waals surface area contributed by atoms with Crippen LogP contribution in [0.25, 0.3) is 0 Å². The fraction of sp³-hybridized carbons (Fsp3) is 0.294. The number of nitrogens with one attached hydrogen (secondary N) is 1. The molecule has 1 aliphatic rings. The Balaban J connectivity index is 1.84. The maximum absolute atomic E-state index is 13.4. The summed E-state index contributed by atoms with van der Waals surface area (Å²) in [6, 6.07) is 5.00. The van der Waals surface area contributed by atoms with Crippen LogP contribution in [0, 0.1) is 12.7 Å². The van der Waals surface area contributed by atoms with E-state index in [2.05, 4.69) is 5.32 Å². The molecule has 1 aromatic carbocycles. The van der Waals surface area contributed by atoms with Crippen LogP contribution in [0.1, 0.15) is 29.0 Å². The van der Waals surface area contributed by atoms with Crippen molar-refractivity contribution in [2.45, 2.75) is 30.9 Å². The number of halogens is 1. The van der Waals surface area contributed by atoms with E-state index in [0.717, 1.165) is 22.5 Å². The van der Waals surface area contributed by atoms with Gasteiger partial charge in [-0.2, -0.15) is 4.31 Å². The van der Waals surface area contributed by atoms with Gasteiger partial charge in [0.25, 0.3) is 10.0 Å². The van der Waals surface area contributed by atoms with Crippen LogP contribution in [0.5, 0.6) is 0 Å². The second kappa shape index (κ2) is 7.12. The van der Waals surface area contributed by atoms with Crippen LogP contribution in [-0.4, -0.2) is 42.3 Å². The highest BCUT2D eigenvalue weighted by Gasteiger charge is 2.41. The molecule has 0 spiro atoms. The van der Waals surface area contributed by atoms with Crippen molar-refractivity contribution in [2.75, 3.05) is 11.9 Å². The van der Waals surface area contributed by atoms with Crippen molar-refractivity contribution in [3.63, 3.8) is 0 Å². The number of hydrogen-bond acceptors (Lipinski definition) is 5. The maximum atomic E-state index is 13.4. The molecular formula is C17H17FN2O6S. The highest BCUT2D eigenvalue weighted by atomic mass is 32.2. The molecular weight excluding hydrogens is 379 g/mol. The van der Waals surface area contributed by atoms with Gasteiger partial charge in [0.15, 0.2) is 0 Å². The fourth-order valence-electron chi connectivity index (χ4n) is 2.92. The Hall–Kier alpha value is -2.72. The van der Waals surface area contributed by atoms with Gasteiger partial charge < -0.3 is 14.8 Å². The topological polar surface area (TPSA) is 117 Å². The third kappa shape index (κ3) is 3.71. The SMILES string of the molecule is Cc1ccc(F)cc1NC(=O)C1CCCN1S(=O)(=O)c1ccc(C(=O)O)o1. The number of hydrogen-bond donors (Lipinski definition) is 2. The first kappa shape index (κ1) is 19.1. The second-order valence-electron chi connectivity index (χ2n) is 6.15. The number of nitrogens with zero attached hydrogens (tertiary/aromatic N) is 1. The number of aromatic carboxylic acids is 1. The molecule has 1 saturated heterocycles. The molecule has 1 atom stereocenters. The molecule has 10 heteroatoms. The van der Waals surface area contributed by atoms with E-state index in [4.69, 9.17) is 9.52 Å². The number of carbonyl (C=O) groups is 2. The molecule has 1 unspecified atom stereocenters. The van der Waals surface area contributed by atoms with Gasteiger partial charge in [-0.05, 0) is 49.6 Å². The summed E-state index contributed by atoms with van der Waals surface area (Å²) in [5.41, 5.74) is 0.893. The molecule has 2 heterocycles. The molecule has 27 heavy (non-hydrogen) atoms. The van der Waals surface area contributed by atoms with E-state index in [1.165, 1.54) is 12.1 Å². The van der Waals surface area contributed by atoms with E-state index in [-0.39, 0.29) is 18.7 Å². The van der Waals surface area contributed by atoms with E-state index in [0.29, 0.717) is 12.0 Å². The van der Waals surface area contributed by atoms with Crippen LogP contribution < -0.4 is 5.32 Å². The van der Waals surface area contributed by atoms with Crippen molar-refractivity contribution >= 4 is 27.6 Å². The highest BCUT2D eigenvalue weighted by Crippen LogP contribution is 2.28. The van der Waals surface area contributed by atoms with Gasteiger partial charge in [-0.15, -0.1) is 0 Å². The van der Waals surface area contributed by atoms with Crippen molar-refractivity contribution in [2.24, 2.45) is 0 Å². The highest BCUT2D eigenvalue weighted by molar-refractivity contribution is 7.89. The molecule has 2 aromatic rings. The number of furan rings is 1. The summed E-state index contributed by atoms with van der Waals surface area (Å²) in [6.07, 6.45) is 0.734. The zero-order valence-electron chi connectivity index (χ0n) is 14.3. The lowest BCUT2D eigenvalue weighted by Gasteiger charge is -2.22. The zero-order valence-corrected chi connectivity index (χ0v) is 15.1. The predicted octanol–water partition coefficient (Wildman–Crippen LogP) is 2.22. The van der Waals surface area contributed by atoms with Gasteiger partial charge in [0, 0.05) is 12.2 Å². The fourth-order valence-corrected chi connectivity index (χ4v) is 4.50. The number of carboxylic acid groups (broad SMARTS) is 1. The molecule has 1 aromatic heterocycles. The minimum atomic E-state index is -4.19. The Morgan fingerprint density at radius 3 is 2.70 bits per heavy atom. The first-order valence-corrected chi connectivity index (χ1v) is 9.56. The quantitative estimate of drug-likeness (QED) is 0.800. The molecule has 2 N–H and O–H groups in total. The average Bonchev–Trinajstić information content (AvgIpc) is 3.27. The number of aryl methyl sites for hydroxylation is 1. The zero-order chi connectivity index (χ0) is 19.8. The van der Waals surface area contributed by atoms with Crippen LogP contribution in [0.3, 0.4) is 0 Å². The Labute approximate surface area is 154 Å². The molecule has 1 fully saturated rings. The van der Waals surface area contributed by atoms with Crippen molar-refractivity contribution in [3.05, 3.63) is 47.5 Å². The summed E-state index contributed by atoms with van der Waals surface area (Å²) < 4.78 is 44.8. The lowest BCUT2D eigenvalue weighted by molar-refractivity contribution is -0.119. The van der Waals surface area contributed by atoms with E-state index < -0.39 is 44.6 Å². The first-order valence-electron chi connectivity index (χ1n) is 8.12. The summed E-state index contributed by atoms with van der Waals surface area (Å²) in [7, 11) is -4.19. The summed E-state index contributed by atoms with van der Waals surface area (Å²) in [4.78, 5) is 23.5. The molecule has 0 bridgehead atoms. The van der Waals surface area contributed by atoms with Gasteiger partial charge in [-0.3, -0.25) is 4.79 Å². The lowest BCUT2D eigenvalue weighted by Crippen LogP contribution is -2.43. The monoisotopic (exact) mass is 396 g/mol. The number of benzene rings is 1. The van der Waals surface area contributed by atoms with E-state index in [1.54, 1.807) is 6.92 Å². The van der Waals surface area contributed by atoms with Crippen LogP contribution in [-0.2, 0) is 14.8 Å². The van der Waals surface area contributed by atoms with Crippen molar-refractivity contribution in [1.82, 2.24) is 4.31 Å². The van der Waals surface area contributed by atoms with Gasteiger partial charge in [0.1, 0.15) is 11.9 Å². The number of amides is 1. The maximum Gasteiger partial charge on any atom is 0.371 e. The van der Waals surface area contributed by atoms with E-state index in [9.17, 15) is 22.4 Å². The second-order valence-corrected chi connectivity index (χ2v) is 7.97. The molecule has 8 nitrogen and oxygen atoms in total. The first-order chi connectivity index (χ1) is 12.7. The molecule has 0 radical (unpaired) electrons. The Morgan fingerprint density at radius 1 is 1.30 bits per heavy atom. The van der Waals surface area contributed by atoms with Crippen molar-refractivity contribution in [3.8, 4) is 0 Å². The largest absolute Gasteiger partial charge is 0.475 e. The predicted molar refractivity (Wildman–Crippen MR) is 92.3 cm³/mol. The smallest absolute Gasteiger partial charge is 0.371 e. The van der Waals surface area contributed by atoms with Crippen LogP contribution in [0.15, 0.2) is 39.8 Å². The summed E-state index contributed by atoms with van der Waals surface area (Å²) in [6.45, 7) is 1.78. The van der Waals surface area contributed by atoms with E-state index >= 15 is 0 Å². The van der Waals surface area contributed by atoms with Crippen molar-refractivity contribution < 1.29 is 31.9 Å². The summed E-state index contributed by atoms with van der Waals surface area (Å²) in [5, 5.41) is 10.9. The van der Waals surface area contributed by atoms with E-state index in [1.807, 2.05) is 0 Å². The number of anilines is 1. The number of carboxylic acids is 1. The minimum absolute atomic E-state index is 0.0889. The van der Waals surface area contributed by atoms with Gasteiger partial charge in [0.2, 0.25) is 16.8 Å². The van der Waals surface area contributed by atoms with Gasteiger partial charge in [-0.1, -0.05) is 6.07 Å². The molecule has 0 saturated carbocycles. The molecule has 3 rings (SSSR count). The minimum Gasteiger partial charge on any atom is -0.475 e.